The Labute approximate surface area is 124 Å². The van der Waals surface area contributed by atoms with Gasteiger partial charge in [-0.15, -0.1) is 0 Å². The SMILES string of the molecule is CCCNC(Cn1cccn1)c1ccc2c(c1)OCCO2. The summed E-state index contributed by atoms with van der Waals surface area (Å²) in [5.74, 6) is 1.67. The fraction of sp³-hybridized carbons (Fsp3) is 0.438. The molecule has 0 bridgehead atoms. The molecule has 2 aromatic rings. The Morgan fingerprint density at radius 1 is 1.29 bits per heavy atom. The summed E-state index contributed by atoms with van der Waals surface area (Å²) < 4.78 is 13.2. The Bertz CT molecular complexity index is 569. The van der Waals surface area contributed by atoms with E-state index in [2.05, 4.69) is 29.5 Å². The number of benzene rings is 1. The summed E-state index contributed by atoms with van der Waals surface area (Å²) in [7, 11) is 0. The smallest absolute Gasteiger partial charge is 0.161 e. The number of hydrogen-bond donors (Lipinski definition) is 1. The monoisotopic (exact) mass is 287 g/mol. The van der Waals surface area contributed by atoms with Gasteiger partial charge in [-0.25, -0.2) is 0 Å². The average Bonchev–Trinajstić information content (AvgIpc) is 3.04. The minimum atomic E-state index is 0.209. The third-order valence-electron chi connectivity index (χ3n) is 3.54. The standard InChI is InChI=1S/C16H21N3O2/c1-2-6-17-14(12-19-8-3-7-18-19)13-4-5-15-16(11-13)21-10-9-20-15/h3-5,7-8,11,14,17H,2,6,9-10,12H2,1H3. The molecule has 0 fully saturated rings. The molecule has 21 heavy (non-hydrogen) atoms. The maximum absolute atomic E-state index is 5.68. The lowest BCUT2D eigenvalue weighted by atomic mass is 10.1. The van der Waals surface area contributed by atoms with E-state index in [1.807, 2.05) is 23.0 Å². The van der Waals surface area contributed by atoms with Crippen LogP contribution >= 0.6 is 0 Å². The molecule has 0 aliphatic carbocycles. The zero-order valence-electron chi connectivity index (χ0n) is 12.3. The van der Waals surface area contributed by atoms with E-state index in [0.29, 0.717) is 13.2 Å². The molecule has 1 aliphatic rings. The van der Waals surface area contributed by atoms with Crippen molar-refractivity contribution in [1.29, 1.82) is 0 Å². The molecule has 1 aromatic heterocycles. The number of nitrogens with one attached hydrogen (secondary N) is 1. The first-order chi connectivity index (χ1) is 10.4. The molecule has 2 heterocycles. The molecule has 0 spiro atoms. The van der Waals surface area contributed by atoms with E-state index in [1.54, 1.807) is 6.20 Å². The van der Waals surface area contributed by atoms with Gasteiger partial charge in [0.1, 0.15) is 13.2 Å². The zero-order chi connectivity index (χ0) is 14.5. The van der Waals surface area contributed by atoms with Gasteiger partial charge in [-0.05, 0) is 36.7 Å². The van der Waals surface area contributed by atoms with Gasteiger partial charge >= 0.3 is 0 Å². The van der Waals surface area contributed by atoms with E-state index in [0.717, 1.165) is 31.0 Å². The van der Waals surface area contributed by atoms with Gasteiger partial charge in [0, 0.05) is 12.4 Å². The van der Waals surface area contributed by atoms with E-state index >= 15 is 0 Å². The van der Waals surface area contributed by atoms with Crippen molar-refractivity contribution in [3.8, 4) is 11.5 Å². The Hall–Kier alpha value is -2.01. The van der Waals surface area contributed by atoms with Crippen LogP contribution in [0.2, 0.25) is 0 Å². The van der Waals surface area contributed by atoms with Gasteiger partial charge in [0.2, 0.25) is 0 Å². The summed E-state index contributed by atoms with van der Waals surface area (Å²) in [5, 5.41) is 7.87. The summed E-state index contributed by atoms with van der Waals surface area (Å²) >= 11 is 0. The highest BCUT2D eigenvalue weighted by molar-refractivity contribution is 5.44. The predicted octanol–water partition coefficient (Wildman–Crippen LogP) is 2.40. The molecular weight excluding hydrogens is 266 g/mol. The molecule has 0 amide bonds. The Morgan fingerprint density at radius 2 is 2.14 bits per heavy atom. The molecule has 112 valence electrons. The van der Waals surface area contributed by atoms with Gasteiger partial charge in [-0.2, -0.15) is 5.10 Å². The number of rotatable bonds is 6. The number of ether oxygens (including phenoxy) is 2. The molecule has 0 saturated carbocycles. The van der Waals surface area contributed by atoms with Crippen LogP contribution in [-0.2, 0) is 6.54 Å². The zero-order valence-corrected chi connectivity index (χ0v) is 12.3. The van der Waals surface area contributed by atoms with E-state index in [1.165, 1.54) is 5.56 Å². The summed E-state index contributed by atoms with van der Waals surface area (Å²) in [5.41, 5.74) is 1.20. The van der Waals surface area contributed by atoms with Gasteiger partial charge in [-0.1, -0.05) is 13.0 Å². The molecule has 1 aromatic carbocycles. The van der Waals surface area contributed by atoms with Crippen molar-refractivity contribution in [3.05, 3.63) is 42.2 Å². The molecule has 0 radical (unpaired) electrons. The summed E-state index contributed by atoms with van der Waals surface area (Å²) in [6.07, 6.45) is 4.89. The second kappa shape index (κ2) is 6.63. The highest BCUT2D eigenvalue weighted by atomic mass is 16.6. The molecule has 3 rings (SSSR count). The van der Waals surface area contributed by atoms with Crippen LogP contribution in [0, 0.1) is 0 Å². The Morgan fingerprint density at radius 3 is 2.90 bits per heavy atom. The Kier molecular flexibility index (Phi) is 4.40. The molecule has 0 saturated heterocycles. The number of hydrogen-bond acceptors (Lipinski definition) is 4. The van der Waals surface area contributed by atoms with Crippen LogP contribution < -0.4 is 14.8 Å². The fourth-order valence-corrected chi connectivity index (χ4v) is 2.48. The third-order valence-corrected chi connectivity index (χ3v) is 3.54. The Balaban J connectivity index is 1.81. The molecule has 1 aliphatic heterocycles. The second-order valence-corrected chi connectivity index (χ2v) is 5.14. The van der Waals surface area contributed by atoms with Crippen LogP contribution in [0.4, 0.5) is 0 Å². The van der Waals surface area contributed by atoms with Crippen LogP contribution in [-0.4, -0.2) is 29.5 Å². The maximum atomic E-state index is 5.68. The van der Waals surface area contributed by atoms with Gasteiger partial charge in [0.15, 0.2) is 11.5 Å². The molecule has 1 N–H and O–H groups in total. The normalized spacial score (nSPS) is 14.9. The lowest BCUT2D eigenvalue weighted by Gasteiger charge is -2.23. The maximum Gasteiger partial charge on any atom is 0.161 e. The van der Waals surface area contributed by atoms with Crippen molar-refractivity contribution in [1.82, 2.24) is 15.1 Å². The average molecular weight is 287 g/mol. The van der Waals surface area contributed by atoms with Crippen LogP contribution in [0.5, 0.6) is 11.5 Å². The summed E-state index contributed by atoms with van der Waals surface area (Å²) in [6, 6.07) is 8.32. The van der Waals surface area contributed by atoms with E-state index in [-0.39, 0.29) is 6.04 Å². The quantitative estimate of drug-likeness (QED) is 0.886. The molecule has 5 nitrogen and oxygen atoms in total. The van der Waals surface area contributed by atoms with Crippen LogP contribution in [0.3, 0.4) is 0 Å². The molecule has 5 heteroatoms. The third kappa shape index (κ3) is 3.36. The molecular formula is C16H21N3O2. The van der Waals surface area contributed by atoms with Crippen molar-refractivity contribution in [2.75, 3.05) is 19.8 Å². The largest absolute Gasteiger partial charge is 0.486 e. The first kappa shape index (κ1) is 13.9. The van der Waals surface area contributed by atoms with Crippen molar-refractivity contribution in [3.63, 3.8) is 0 Å². The number of nitrogens with zero attached hydrogens (tertiary/aromatic N) is 2. The van der Waals surface area contributed by atoms with Gasteiger partial charge < -0.3 is 14.8 Å². The minimum Gasteiger partial charge on any atom is -0.486 e. The predicted molar refractivity (Wildman–Crippen MR) is 80.7 cm³/mol. The first-order valence-electron chi connectivity index (χ1n) is 7.47. The lowest BCUT2D eigenvalue weighted by Crippen LogP contribution is -2.27. The van der Waals surface area contributed by atoms with Crippen LogP contribution in [0.1, 0.15) is 24.9 Å². The fourth-order valence-electron chi connectivity index (χ4n) is 2.48. The minimum absolute atomic E-state index is 0.209. The second-order valence-electron chi connectivity index (χ2n) is 5.14. The lowest BCUT2D eigenvalue weighted by molar-refractivity contribution is 0.171. The summed E-state index contributed by atoms with van der Waals surface area (Å²) in [6.45, 7) is 5.18. The molecule has 1 atom stereocenters. The van der Waals surface area contributed by atoms with Gasteiger partial charge in [0.25, 0.3) is 0 Å². The van der Waals surface area contributed by atoms with Crippen molar-refractivity contribution < 1.29 is 9.47 Å². The van der Waals surface area contributed by atoms with E-state index < -0.39 is 0 Å². The first-order valence-corrected chi connectivity index (χ1v) is 7.47. The summed E-state index contributed by atoms with van der Waals surface area (Å²) in [4.78, 5) is 0. The van der Waals surface area contributed by atoms with Crippen molar-refractivity contribution in [2.24, 2.45) is 0 Å². The topological polar surface area (TPSA) is 48.3 Å². The number of fused-ring (bicyclic) bond motifs is 1. The van der Waals surface area contributed by atoms with Crippen LogP contribution in [0.25, 0.3) is 0 Å². The number of aromatic nitrogens is 2. The van der Waals surface area contributed by atoms with E-state index in [9.17, 15) is 0 Å². The highest BCUT2D eigenvalue weighted by Crippen LogP contribution is 2.32. The van der Waals surface area contributed by atoms with Crippen molar-refractivity contribution >= 4 is 0 Å². The molecule has 1 unspecified atom stereocenters. The van der Waals surface area contributed by atoms with Crippen molar-refractivity contribution in [2.45, 2.75) is 25.9 Å². The van der Waals surface area contributed by atoms with Gasteiger partial charge in [-0.3, -0.25) is 4.68 Å². The van der Waals surface area contributed by atoms with E-state index in [4.69, 9.17) is 9.47 Å². The highest BCUT2D eigenvalue weighted by Gasteiger charge is 2.17. The van der Waals surface area contributed by atoms with Gasteiger partial charge in [0.05, 0.1) is 12.6 Å². The van der Waals surface area contributed by atoms with Crippen LogP contribution in [0.15, 0.2) is 36.7 Å².